The summed E-state index contributed by atoms with van der Waals surface area (Å²) in [6.45, 7) is 0.811. The second-order valence-electron chi connectivity index (χ2n) is 5.63. The van der Waals surface area contributed by atoms with Crippen LogP contribution in [0.1, 0.15) is 42.4 Å². The fourth-order valence-corrected chi connectivity index (χ4v) is 3.19. The lowest BCUT2D eigenvalue weighted by atomic mass is 9.96. The van der Waals surface area contributed by atoms with Crippen molar-refractivity contribution in [3.05, 3.63) is 34.9 Å². The highest BCUT2D eigenvalue weighted by Crippen LogP contribution is 2.24. The molecule has 3 rings (SSSR count). The van der Waals surface area contributed by atoms with Crippen molar-refractivity contribution in [2.75, 3.05) is 6.61 Å². The summed E-state index contributed by atoms with van der Waals surface area (Å²) >= 11 is 0. The summed E-state index contributed by atoms with van der Waals surface area (Å²) in [6.07, 6.45) is 7.49. The molecule has 1 aromatic rings. The van der Waals surface area contributed by atoms with Gasteiger partial charge < -0.3 is 9.84 Å². The van der Waals surface area contributed by atoms with Crippen LogP contribution >= 0.6 is 0 Å². The van der Waals surface area contributed by atoms with Crippen LogP contribution < -0.4 is 0 Å². The molecule has 0 bridgehead atoms. The largest absolute Gasteiger partial charge is 0.390 e. The zero-order valence-electron chi connectivity index (χ0n) is 10.9. The van der Waals surface area contributed by atoms with E-state index in [1.165, 1.54) is 42.4 Å². The molecule has 1 heterocycles. The van der Waals surface area contributed by atoms with Gasteiger partial charge in [0.2, 0.25) is 0 Å². The van der Waals surface area contributed by atoms with Crippen LogP contribution in [0.15, 0.2) is 18.2 Å². The van der Waals surface area contributed by atoms with Crippen LogP contribution in [-0.4, -0.2) is 23.9 Å². The maximum absolute atomic E-state index is 10.3. The molecule has 98 valence electrons. The van der Waals surface area contributed by atoms with Crippen LogP contribution in [-0.2, 0) is 24.0 Å². The molecule has 1 aromatic carbocycles. The number of fused-ring (bicyclic) bond motifs is 1. The smallest absolute Gasteiger partial charge is 0.0842 e. The van der Waals surface area contributed by atoms with Gasteiger partial charge in [-0.05, 0) is 55.2 Å². The van der Waals surface area contributed by atoms with Gasteiger partial charge in [-0.2, -0.15) is 0 Å². The van der Waals surface area contributed by atoms with Crippen molar-refractivity contribution >= 4 is 0 Å². The first-order chi connectivity index (χ1) is 8.83. The highest BCUT2D eigenvalue weighted by molar-refractivity contribution is 5.35. The van der Waals surface area contributed by atoms with Crippen molar-refractivity contribution in [3.8, 4) is 0 Å². The van der Waals surface area contributed by atoms with Crippen LogP contribution in [0.5, 0.6) is 0 Å². The van der Waals surface area contributed by atoms with Gasteiger partial charge in [0, 0.05) is 13.0 Å². The number of ether oxygens (including phenoxy) is 1. The van der Waals surface area contributed by atoms with Crippen LogP contribution in [0.25, 0.3) is 0 Å². The summed E-state index contributed by atoms with van der Waals surface area (Å²) in [6, 6.07) is 6.71. The molecule has 1 saturated heterocycles. The normalized spacial score (nSPS) is 24.8. The average molecular weight is 246 g/mol. The van der Waals surface area contributed by atoms with Gasteiger partial charge in [-0.3, -0.25) is 0 Å². The molecule has 0 saturated carbocycles. The van der Waals surface area contributed by atoms with Crippen molar-refractivity contribution in [2.24, 2.45) is 0 Å². The van der Waals surface area contributed by atoms with Gasteiger partial charge in [0.1, 0.15) is 0 Å². The number of aliphatic hydroxyl groups excluding tert-OH is 1. The summed E-state index contributed by atoms with van der Waals surface area (Å²) in [7, 11) is 0. The lowest BCUT2D eigenvalue weighted by Crippen LogP contribution is -2.33. The quantitative estimate of drug-likeness (QED) is 0.888. The first kappa shape index (κ1) is 12.2. The summed E-state index contributed by atoms with van der Waals surface area (Å²) in [5.41, 5.74) is 4.25. The highest BCUT2D eigenvalue weighted by Gasteiger charge is 2.23. The monoisotopic (exact) mass is 246 g/mol. The Bertz CT molecular complexity index is 408. The molecule has 0 aromatic heterocycles. The van der Waals surface area contributed by atoms with Gasteiger partial charge in [-0.1, -0.05) is 18.2 Å². The molecule has 0 spiro atoms. The summed E-state index contributed by atoms with van der Waals surface area (Å²) in [4.78, 5) is 0. The summed E-state index contributed by atoms with van der Waals surface area (Å²) in [5, 5.41) is 10.3. The van der Waals surface area contributed by atoms with Gasteiger partial charge in [0.15, 0.2) is 0 Å². The number of hydrogen-bond donors (Lipinski definition) is 1. The molecule has 1 N–H and O–H groups in total. The Morgan fingerprint density at radius 3 is 2.89 bits per heavy atom. The summed E-state index contributed by atoms with van der Waals surface area (Å²) in [5.74, 6) is 0. The van der Waals surface area contributed by atoms with Crippen molar-refractivity contribution in [3.63, 3.8) is 0 Å². The molecule has 1 aliphatic heterocycles. The second-order valence-corrected chi connectivity index (χ2v) is 5.63. The zero-order chi connectivity index (χ0) is 12.4. The molecule has 2 aliphatic rings. The lowest BCUT2D eigenvalue weighted by molar-refractivity contribution is -0.0611. The Balaban J connectivity index is 1.64. The van der Waals surface area contributed by atoms with E-state index in [1.54, 1.807) is 0 Å². The third-order valence-electron chi connectivity index (χ3n) is 4.25. The molecular weight excluding hydrogens is 224 g/mol. The molecule has 2 nitrogen and oxygen atoms in total. The number of hydrogen-bond acceptors (Lipinski definition) is 2. The third kappa shape index (κ3) is 2.60. The predicted molar refractivity (Wildman–Crippen MR) is 71.8 cm³/mol. The van der Waals surface area contributed by atoms with E-state index < -0.39 is 0 Å². The predicted octanol–water partition coefficient (Wildman–Crippen LogP) is 2.65. The Morgan fingerprint density at radius 2 is 2.06 bits per heavy atom. The average Bonchev–Trinajstić information content (AvgIpc) is 2.87. The zero-order valence-corrected chi connectivity index (χ0v) is 10.9. The SMILES string of the molecule is OC(Cc1ccc2c(c1)CCC2)C1CCCCO1. The first-order valence-corrected chi connectivity index (χ1v) is 7.23. The van der Waals surface area contributed by atoms with Crippen LogP contribution in [0.3, 0.4) is 0 Å². The maximum atomic E-state index is 10.3. The van der Waals surface area contributed by atoms with E-state index >= 15 is 0 Å². The van der Waals surface area contributed by atoms with E-state index in [-0.39, 0.29) is 12.2 Å². The van der Waals surface area contributed by atoms with Crippen molar-refractivity contribution < 1.29 is 9.84 Å². The highest BCUT2D eigenvalue weighted by atomic mass is 16.5. The van der Waals surface area contributed by atoms with Crippen molar-refractivity contribution in [1.29, 1.82) is 0 Å². The van der Waals surface area contributed by atoms with Crippen LogP contribution in [0.4, 0.5) is 0 Å². The number of benzene rings is 1. The molecule has 2 unspecified atom stereocenters. The van der Waals surface area contributed by atoms with Gasteiger partial charge in [0.25, 0.3) is 0 Å². The van der Waals surface area contributed by atoms with E-state index in [0.29, 0.717) is 0 Å². The van der Waals surface area contributed by atoms with E-state index in [2.05, 4.69) is 18.2 Å². The van der Waals surface area contributed by atoms with E-state index in [0.717, 1.165) is 25.9 Å². The molecule has 2 heteroatoms. The van der Waals surface area contributed by atoms with Crippen LogP contribution in [0.2, 0.25) is 0 Å². The first-order valence-electron chi connectivity index (χ1n) is 7.23. The molecule has 1 fully saturated rings. The number of aryl methyl sites for hydroxylation is 2. The van der Waals surface area contributed by atoms with E-state index in [4.69, 9.17) is 4.74 Å². The molecule has 1 aliphatic carbocycles. The molecular formula is C16H22O2. The Labute approximate surface area is 109 Å². The van der Waals surface area contributed by atoms with Crippen molar-refractivity contribution in [1.82, 2.24) is 0 Å². The molecule has 2 atom stereocenters. The Kier molecular flexibility index (Phi) is 3.67. The third-order valence-corrected chi connectivity index (χ3v) is 4.25. The van der Waals surface area contributed by atoms with Gasteiger partial charge in [-0.25, -0.2) is 0 Å². The van der Waals surface area contributed by atoms with Crippen molar-refractivity contribution in [2.45, 2.75) is 57.2 Å². The number of aliphatic hydroxyl groups is 1. The van der Waals surface area contributed by atoms with Crippen LogP contribution in [0, 0.1) is 0 Å². The minimum atomic E-state index is -0.343. The van der Waals surface area contributed by atoms with Gasteiger partial charge in [-0.15, -0.1) is 0 Å². The maximum Gasteiger partial charge on any atom is 0.0842 e. The lowest BCUT2D eigenvalue weighted by Gasteiger charge is -2.27. The molecule has 18 heavy (non-hydrogen) atoms. The fourth-order valence-electron chi connectivity index (χ4n) is 3.19. The standard InChI is InChI=1S/C16H22O2/c17-15(16-6-1-2-9-18-16)11-12-7-8-13-4-3-5-14(13)10-12/h7-8,10,15-17H,1-6,9,11H2. The second kappa shape index (κ2) is 5.41. The molecule has 0 radical (unpaired) electrons. The minimum absolute atomic E-state index is 0.0482. The van der Waals surface area contributed by atoms with E-state index in [1.807, 2.05) is 0 Å². The fraction of sp³-hybridized carbons (Fsp3) is 0.625. The Hall–Kier alpha value is -0.860. The Morgan fingerprint density at radius 1 is 1.17 bits per heavy atom. The number of rotatable bonds is 3. The minimum Gasteiger partial charge on any atom is -0.390 e. The molecule has 0 amide bonds. The summed E-state index contributed by atoms with van der Waals surface area (Å²) < 4.78 is 5.65. The van der Waals surface area contributed by atoms with E-state index in [9.17, 15) is 5.11 Å². The van der Waals surface area contributed by atoms with Gasteiger partial charge in [0.05, 0.1) is 12.2 Å². The topological polar surface area (TPSA) is 29.5 Å². The van der Waals surface area contributed by atoms with Gasteiger partial charge >= 0.3 is 0 Å².